The second-order valence-electron chi connectivity index (χ2n) is 4.93. The van der Waals surface area contributed by atoms with Crippen molar-refractivity contribution < 1.29 is 14.8 Å². The van der Waals surface area contributed by atoms with Crippen LogP contribution in [0.15, 0.2) is 6.20 Å². The third-order valence-electron chi connectivity index (χ3n) is 3.59. The topological polar surface area (TPSA) is 102 Å². The summed E-state index contributed by atoms with van der Waals surface area (Å²) in [4.78, 5) is 27.5. The molecule has 0 aliphatic carbocycles. The Hall–Kier alpha value is -1.61. The Morgan fingerprint density at radius 2 is 2.38 bits per heavy atom. The summed E-state index contributed by atoms with van der Waals surface area (Å²) in [6.07, 6.45) is 1.37. The number of aromatic nitrogens is 2. The van der Waals surface area contributed by atoms with Crippen LogP contribution >= 0.6 is 11.8 Å². The Balaban J connectivity index is 2.02. The minimum atomic E-state index is -0.808. The predicted octanol–water partition coefficient (Wildman–Crippen LogP) is 0.992. The van der Waals surface area contributed by atoms with Gasteiger partial charge in [0.25, 0.3) is 0 Å². The summed E-state index contributed by atoms with van der Waals surface area (Å²) in [7, 11) is 0. The van der Waals surface area contributed by atoms with E-state index in [-0.39, 0.29) is 18.3 Å². The van der Waals surface area contributed by atoms with Crippen LogP contribution in [0.4, 0.5) is 5.82 Å². The molecular weight excluding hydrogens is 296 g/mol. The van der Waals surface area contributed by atoms with Crippen LogP contribution in [0.2, 0.25) is 0 Å². The molecular formula is C12H18N4O4S. The average Bonchev–Trinajstić information content (AvgIpc) is 2.78. The van der Waals surface area contributed by atoms with Crippen LogP contribution in [-0.4, -0.2) is 61.1 Å². The van der Waals surface area contributed by atoms with Crippen molar-refractivity contribution in [2.24, 2.45) is 0 Å². The van der Waals surface area contributed by atoms with E-state index in [1.54, 1.807) is 23.3 Å². The van der Waals surface area contributed by atoms with Gasteiger partial charge in [0, 0.05) is 37.6 Å². The lowest BCUT2D eigenvalue weighted by atomic mass is 10.2. The minimum Gasteiger partial charge on any atom is -0.481 e. The van der Waals surface area contributed by atoms with E-state index in [4.69, 9.17) is 5.11 Å². The number of hydrogen-bond acceptors (Lipinski definition) is 6. The Morgan fingerprint density at radius 1 is 1.62 bits per heavy atom. The maximum atomic E-state index is 10.9. The summed E-state index contributed by atoms with van der Waals surface area (Å²) < 4.78 is 1.57. The summed E-state index contributed by atoms with van der Waals surface area (Å²) in [5.41, 5.74) is 0. The van der Waals surface area contributed by atoms with Gasteiger partial charge in [-0.25, -0.2) is 9.55 Å². The maximum absolute atomic E-state index is 10.9. The number of aliphatic carboxylic acids is 1. The van der Waals surface area contributed by atoms with E-state index in [1.807, 2.05) is 0 Å². The molecule has 0 spiro atoms. The first-order valence-electron chi connectivity index (χ1n) is 6.69. The van der Waals surface area contributed by atoms with Crippen molar-refractivity contribution >= 4 is 23.5 Å². The minimum absolute atomic E-state index is 0.0101. The molecule has 1 unspecified atom stereocenters. The van der Waals surface area contributed by atoms with Gasteiger partial charge in [-0.2, -0.15) is 11.8 Å². The van der Waals surface area contributed by atoms with Gasteiger partial charge >= 0.3 is 11.8 Å². The number of thioether (sulfide) groups is 1. The Labute approximate surface area is 126 Å². The zero-order valence-electron chi connectivity index (χ0n) is 11.8. The molecule has 2 heterocycles. The number of carboxylic acids is 1. The molecule has 1 fully saturated rings. The van der Waals surface area contributed by atoms with Crippen molar-refractivity contribution in [2.75, 3.05) is 24.6 Å². The number of nitrogens with zero attached hydrogens (tertiary/aromatic N) is 4. The highest BCUT2D eigenvalue weighted by Crippen LogP contribution is 2.20. The predicted molar refractivity (Wildman–Crippen MR) is 78.6 cm³/mol. The summed E-state index contributed by atoms with van der Waals surface area (Å²) in [6, 6.07) is -0.0101. The van der Waals surface area contributed by atoms with Crippen molar-refractivity contribution in [3.05, 3.63) is 22.1 Å². The molecule has 0 amide bonds. The number of carbonyl (C=O) groups is 1. The van der Waals surface area contributed by atoms with Gasteiger partial charge in [0.05, 0.1) is 6.42 Å². The largest absolute Gasteiger partial charge is 0.481 e. The van der Waals surface area contributed by atoms with Gasteiger partial charge in [-0.05, 0) is 4.92 Å². The van der Waals surface area contributed by atoms with E-state index < -0.39 is 10.9 Å². The first-order chi connectivity index (χ1) is 9.99. The molecule has 1 N–H and O–H groups in total. The SMILES string of the molecule is Cc1ncc([N+](=O)[O-])n1CCN1CCSCC1CC(=O)O. The van der Waals surface area contributed by atoms with Crippen LogP contribution in [-0.2, 0) is 11.3 Å². The van der Waals surface area contributed by atoms with E-state index in [0.29, 0.717) is 18.9 Å². The Kier molecular flexibility index (Phi) is 5.18. The fraction of sp³-hybridized carbons (Fsp3) is 0.667. The fourth-order valence-electron chi connectivity index (χ4n) is 2.48. The average molecular weight is 314 g/mol. The number of carboxylic acid groups (broad SMARTS) is 1. The van der Waals surface area contributed by atoms with Crippen molar-refractivity contribution in [1.82, 2.24) is 14.5 Å². The van der Waals surface area contributed by atoms with E-state index in [2.05, 4.69) is 9.88 Å². The van der Waals surface area contributed by atoms with Gasteiger partial charge in [-0.1, -0.05) is 0 Å². The highest BCUT2D eigenvalue weighted by atomic mass is 32.2. The van der Waals surface area contributed by atoms with Crippen LogP contribution in [0.5, 0.6) is 0 Å². The molecule has 1 saturated heterocycles. The zero-order chi connectivity index (χ0) is 15.4. The highest BCUT2D eigenvalue weighted by Gasteiger charge is 2.26. The van der Waals surface area contributed by atoms with Crippen molar-refractivity contribution in [2.45, 2.75) is 25.9 Å². The molecule has 0 aromatic carbocycles. The lowest BCUT2D eigenvalue weighted by Crippen LogP contribution is -2.45. The monoisotopic (exact) mass is 314 g/mol. The van der Waals surface area contributed by atoms with Crippen molar-refractivity contribution in [3.8, 4) is 0 Å². The van der Waals surface area contributed by atoms with Gasteiger partial charge in [0.1, 0.15) is 12.7 Å². The number of aryl methyl sites for hydroxylation is 1. The molecule has 9 heteroatoms. The first-order valence-corrected chi connectivity index (χ1v) is 7.84. The van der Waals surface area contributed by atoms with Crippen LogP contribution < -0.4 is 0 Å². The Morgan fingerprint density at radius 3 is 3.05 bits per heavy atom. The van der Waals surface area contributed by atoms with Gasteiger partial charge in [0.15, 0.2) is 5.82 Å². The molecule has 0 bridgehead atoms. The summed E-state index contributed by atoms with van der Waals surface area (Å²) in [5, 5.41) is 19.9. The Bertz CT molecular complexity index is 533. The van der Waals surface area contributed by atoms with Crippen LogP contribution in [0, 0.1) is 17.0 Å². The summed E-state index contributed by atoms with van der Waals surface area (Å²) >= 11 is 1.75. The van der Waals surface area contributed by atoms with E-state index in [0.717, 1.165) is 18.1 Å². The maximum Gasteiger partial charge on any atom is 0.342 e. The first kappa shape index (κ1) is 15.8. The third-order valence-corrected chi connectivity index (χ3v) is 4.68. The van der Waals surface area contributed by atoms with Crippen LogP contribution in [0.3, 0.4) is 0 Å². The molecule has 1 aliphatic heterocycles. The molecule has 0 radical (unpaired) electrons. The number of hydrogen-bond donors (Lipinski definition) is 1. The van der Waals surface area contributed by atoms with Crippen molar-refractivity contribution in [3.63, 3.8) is 0 Å². The zero-order valence-corrected chi connectivity index (χ0v) is 12.6. The molecule has 8 nitrogen and oxygen atoms in total. The summed E-state index contributed by atoms with van der Waals surface area (Å²) in [6.45, 7) is 3.58. The smallest absolute Gasteiger partial charge is 0.342 e. The molecule has 1 aliphatic rings. The number of nitro groups is 1. The van der Waals surface area contributed by atoms with E-state index in [1.165, 1.54) is 6.20 Å². The van der Waals surface area contributed by atoms with Crippen molar-refractivity contribution in [1.29, 1.82) is 0 Å². The summed E-state index contributed by atoms with van der Waals surface area (Å²) in [5.74, 6) is 1.52. The molecule has 1 aromatic rings. The van der Waals surface area contributed by atoms with E-state index >= 15 is 0 Å². The van der Waals surface area contributed by atoms with Gasteiger partial charge in [0.2, 0.25) is 0 Å². The second-order valence-corrected chi connectivity index (χ2v) is 6.08. The van der Waals surface area contributed by atoms with Crippen LogP contribution in [0.1, 0.15) is 12.2 Å². The van der Waals surface area contributed by atoms with Gasteiger partial charge < -0.3 is 15.2 Å². The highest BCUT2D eigenvalue weighted by molar-refractivity contribution is 7.99. The molecule has 0 saturated carbocycles. The normalized spacial score (nSPS) is 19.6. The van der Waals surface area contributed by atoms with E-state index in [9.17, 15) is 14.9 Å². The molecule has 1 aromatic heterocycles. The lowest BCUT2D eigenvalue weighted by Gasteiger charge is -2.34. The number of imidazole rings is 1. The third kappa shape index (κ3) is 3.94. The van der Waals surface area contributed by atoms with Gasteiger partial charge in [-0.15, -0.1) is 0 Å². The quantitative estimate of drug-likeness (QED) is 0.617. The second kappa shape index (κ2) is 6.90. The standard InChI is InChI=1S/C12H18N4O4S/c1-9-13-7-11(16(19)20)15(9)3-2-14-4-5-21-8-10(14)6-12(17)18/h7,10H,2-6,8H2,1H3,(H,17,18). The molecule has 21 heavy (non-hydrogen) atoms. The van der Waals surface area contributed by atoms with Crippen LogP contribution in [0.25, 0.3) is 0 Å². The lowest BCUT2D eigenvalue weighted by molar-refractivity contribution is -0.392. The molecule has 116 valence electrons. The van der Waals surface area contributed by atoms with Gasteiger partial charge in [-0.3, -0.25) is 9.69 Å². The molecule has 1 atom stereocenters. The molecule has 2 rings (SSSR count). The number of rotatable bonds is 6. The fourth-order valence-corrected chi connectivity index (χ4v) is 3.61.